The van der Waals surface area contributed by atoms with Crippen LogP contribution in [0.4, 0.5) is 0 Å². The summed E-state index contributed by atoms with van der Waals surface area (Å²) < 4.78 is 1.81. The molecule has 2 rings (SSSR count). The maximum atomic E-state index is 11.9. The predicted molar refractivity (Wildman–Crippen MR) is 78.5 cm³/mol. The van der Waals surface area contributed by atoms with E-state index in [1.807, 2.05) is 23.9 Å². The number of hydrogen-bond acceptors (Lipinski definition) is 4. The van der Waals surface area contributed by atoms with Gasteiger partial charge in [0, 0.05) is 25.0 Å². The van der Waals surface area contributed by atoms with Crippen LogP contribution in [0.15, 0.2) is 18.5 Å². The molecule has 0 saturated carbocycles. The lowest BCUT2D eigenvalue weighted by Crippen LogP contribution is -2.49. The van der Waals surface area contributed by atoms with Gasteiger partial charge < -0.3 is 16.0 Å². The highest BCUT2D eigenvalue weighted by Crippen LogP contribution is 2.04. The third kappa shape index (κ3) is 5.18. The van der Waals surface area contributed by atoms with Crippen molar-refractivity contribution in [2.45, 2.75) is 44.8 Å². The first-order chi connectivity index (χ1) is 10.1. The fraction of sp³-hybridized carbons (Fsp3) is 0.643. The molecule has 0 spiro atoms. The minimum Gasteiger partial charge on any atom is -0.354 e. The Balaban J connectivity index is 1.70. The molecule has 1 saturated heterocycles. The molecule has 1 aromatic heterocycles. The van der Waals surface area contributed by atoms with Crippen LogP contribution >= 0.6 is 0 Å². The molecule has 0 radical (unpaired) electrons. The molecule has 0 aliphatic carbocycles. The second-order valence-electron chi connectivity index (χ2n) is 5.42. The van der Waals surface area contributed by atoms with Gasteiger partial charge in [-0.2, -0.15) is 5.10 Å². The van der Waals surface area contributed by atoms with E-state index >= 15 is 0 Å². The molecule has 2 atom stereocenters. The maximum absolute atomic E-state index is 11.9. The Bertz CT molecular complexity index is 460. The largest absolute Gasteiger partial charge is 0.354 e. The molecule has 1 fully saturated rings. The summed E-state index contributed by atoms with van der Waals surface area (Å²) in [6, 6.07) is 1.59. The first kappa shape index (κ1) is 15.5. The van der Waals surface area contributed by atoms with Crippen LogP contribution in [-0.4, -0.2) is 46.8 Å². The topological polar surface area (TPSA) is 88.1 Å². The first-order valence-corrected chi connectivity index (χ1v) is 7.43. The maximum Gasteiger partial charge on any atom is 0.242 e. The molecule has 7 nitrogen and oxygen atoms in total. The lowest BCUT2D eigenvalue weighted by atomic mass is 10.1. The fourth-order valence-corrected chi connectivity index (χ4v) is 2.34. The van der Waals surface area contributed by atoms with Crippen LogP contribution in [-0.2, 0) is 16.1 Å². The number of carbonyl (C=O) groups excluding carboxylic acids is 2. The number of aromatic nitrogens is 2. The van der Waals surface area contributed by atoms with Crippen LogP contribution < -0.4 is 16.0 Å². The summed E-state index contributed by atoms with van der Waals surface area (Å²) in [6.45, 7) is 3.59. The van der Waals surface area contributed by atoms with Gasteiger partial charge in [0.1, 0.15) is 6.04 Å². The molecule has 1 aliphatic heterocycles. The van der Waals surface area contributed by atoms with E-state index in [2.05, 4.69) is 21.0 Å². The van der Waals surface area contributed by atoms with Gasteiger partial charge in [0.15, 0.2) is 0 Å². The van der Waals surface area contributed by atoms with E-state index in [-0.39, 0.29) is 24.4 Å². The molecule has 2 amide bonds. The van der Waals surface area contributed by atoms with Crippen LogP contribution in [0.3, 0.4) is 0 Å². The average molecular weight is 293 g/mol. The van der Waals surface area contributed by atoms with Gasteiger partial charge >= 0.3 is 0 Å². The van der Waals surface area contributed by atoms with E-state index in [1.54, 1.807) is 6.20 Å². The van der Waals surface area contributed by atoms with E-state index in [9.17, 15) is 9.59 Å². The van der Waals surface area contributed by atoms with Crippen molar-refractivity contribution in [1.82, 2.24) is 25.7 Å². The zero-order valence-corrected chi connectivity index (χ0v) is 12.3. The van der Waals surface area contributed by atoms with Crippen molar-refractivity contribution in [3.63, 3.8) is 0 Å². The monoisotopic (exact) mass is 293 g/mol. The number of amides is 2. The van der Waals surface area contributed by atoms with Crippen LogP contribution in [0.25, 0.3) is 0 Å². The van der Waals surface area contributed by atoms with E-state index in [0.717, 1.165) is 12.8 Å². The second-order valence-corrected chi connectivity index (χ2v) is 5.42. The minimum absolute atomic E-state index is 0.0783. The number of nitrogens with one attached hydrogen (secondary N) is 3. The number of rotatable bonds is 6. The van der Waals surface area contributed by atoms with E-state index < -0.39 is 6.04 Å². The highest BCUT2D eigenvalue weighted by Gasteiger charge is 2.22. The molecule has 1 aromatic rings. The van der Waals surface area contributed by atoms with Gasteiger partial charge in [0.2, 0.25) is 11.8 Å². The van der Waals surface area contributed by atoms with Gasteiger partial charge in [-0.25, -0.2) is 0 Å². The molecule has 3 N–H and O–H groups in total. The van der Waals surface area contributed by atoms with Crippen molar-refractivity contribution in [1.29, 1.82) is 0 Å². The predicted octanol–water partition coefficient (Wildman–Crippen LogP) is -0.354. The van der Waals surface area contributed by atoms with Crippen LogP contribution in [0.5, 0.6) is 0 Å². The Kier molecular flexibility index (Phi) is 5.74. The molecule has 0 bridgehead atoms. The Morgan fingerprint density at radius 1 is 1.57 bits per heavy atom. The molecular weight excluding hydrogens is 270 g/mol. The van der Waals surface area contributed by atoms with Gasteiger partial charge in [-0.15, -0.1) is 0 Å². The summed E-state index contributed by atoms with van der Waals surface area (Å²) in [5, 5.41) is 12.9. The average Bonchev–Trinajstić information content (AvgIpc) is 2.88. The molecule has 1 aliphatic rings. The van der Waals surface area contributed by atoms with Gasteiger partial charge in [0.05, 0.1) is 13.1 Å². The normalized spacial score (nSPS) is 20.4. The SMILES string of the molecule is CC(Cn1cccn1)NCC(=O)NC1CCCCNC1=O. The van der Waals surface area contributed by atoms with Gasteiger partial charge in [-0.05, 0) is 32.3 Å². The molecule has 2 unspecified atom stereocenters. The first-order valence-electron chi connectivity index (χ1n) is 7.43. The summed E-state index contributed by atoms with van der Waals surface area (Å²) in [5.41, 5.74) is 0. The number of carbonyl (C=O) groups is 2. The fourth-order valence-electron chi connectivity index (χ4n) is 2.34. The lowest BCUT2D eigenvalue weighted by Gasteiger charge is -2.17. The summed E-state index contributed by atoms with van der Waals surface area (Å²) >= 11 is 0. The third-order valence-corrected chi connectivity index (χ3v) is 3.50. The van der Waals surface area contributed by atoms with Crippen molar-refractivity contribution < 1.29 is 9.59 Å². The highest BCUT2D eigenvalue weighted by atomic mass is 16.2. The quantitative estimate of drug-likeness (QED) is 0.669. The molecule has 2 heterocycles. The van der Waals surface area contributed by atoms with E-state index in [1.165, 1.54) is 0 Å². The van der Waals surface area contributed by atoms with Crippen molar-refractivity contribution in [2.75, 3.05) is 13.1 Å². The summed E-state index contributed by atoms with van der Waals surface area (Å²) in [5.74, 6) is -0.227. The second kappa shape index (κ2) is 7.78. The van der Waals surface area contributed by atoms with Crippen LogP contribution in [0, 0.1) is 0 Å². The van der Waals surface area contributed by atoms with E-state index in [4.69, 9.17) is 0 Å². The third-order valence-electron chi connectivity index (χ3n) is 3.50. The van der Waals surface area contributed by atoms with Gasteiger partial charge in [-0.3, -0.25) is 14.3 Å². The molecule has 116 valence electrons. The summed E-state index contributed by atoms with van der Waals surface area (Å²) in [6.07, 6.45) is 6.24. The minimum atomic E-state index is -0.400. The Hall–Kier alpha value is -1.89. The van der Waals surface area contributed by atoms with E-state index in [0.29, 0.717) is 19.5 Å². The summed E-state index contributed by atoms with van der Waals surface area (Å²) in [4.78, 5) is 23.6. The lowest BCUT2D eigenvalue weighted by molar-refractivity contribution is -0.128. The number of hydrogen-bond donors (Lipinski definition) is 3. The summed E-state index contributed by atoms with van der Waals surface area (Å²) in [7, 11) is 0. The highest BCUT2D eigenvalue weighted by molar-refractivity contribution is 5.88. The number of nitrogens with zero attached hydrogens (tertiary/aromatic N) is 2. The molecule has 7 heteroatoms. The van der Waals surface area contributed by atoms with Crippen LogP contribution in [0.2, 0.25) is 0 Å². The zero-order chi connectivity index (χ0) is 15.1. The molecular formula is C14H23N5O2. The zero-order valence-electron chi connectivity index (χ0n) is 12.3. The van der Waals surface area contributed by atoms with Crippen molar-refractivity contribution in [3.05, 3.63) is 18.5 Å². The Morgan fingerprint density at radius 3 is 3.19 bits per heavy atom. The molecule has 21 heavy (non-hydrogen) atoms. The molecule has 0 aromatic carbocycles. The Morgan fingerprint density at radius 2 is 2.43 bits per heavy atom. The standard InChI is InChI=1S/C14H23N5O2/c1-11(10-19-8-4-7-17-19)16-9-13(20)18-12-5-2-3-6-15-14(12)21/h4,7-8,11-12,16H,2-3,5-6,9-10H2,1H3,(H,15,21)(H,18,20). The van der Waals surface area contributed by atoms with Crippen molar-refractivity contribution in [3.8, 4) is 0 Å². The van der Waals surface area contributed by atoms with Crippen molar-refractivity contribution >= 4 is 11.8 Å². The van der Waals surface area contributed by atoms with Crippen molar-refractivity contribution in [2.24, 2.45) is 0 Å². The van der Waals surface area contributed by atoms with Gasteiger partial charge in [0.25, 0.3) is 0 Å². The Labute approximate surface area is 124 Å². The van der Waals surface area contributed by atoms with Crippen LogP contribution in [0.1, 0.15) is 26.2 Å². The smallest absolute Gasteiger partial charge is 0.242 e. The van der Waals surface area contributed by atoms with Gasteiger partial charge in [-0.1, -0.05) is 0 Å².